The molecule has 0 unspecified atom stereocenters. The number of carbonyl (C=O) groups is 1. The fourth-order valence-electron chi connectivity index (χ4n) is 2.07. The van der Waals surface area contributed by atoms with Crippen LogP contribution in [0.5, 0.6) is 11.5 Å². The van der Waals surface area contributed by atoms with Gasteiger partial charge in [-0.15, -0.1) is 0 Å². The zero-order valence-corrected chi connectivity index (χ0v) is 14.9. The number of ether oxygens (including phenoxy) is 2. The number of halogens is 1. The van der Waals surface area contributed by atoms with Gasteiger partial charge in [-0.2, -0.15) is 0 Å². The van der Waals surface area contributed by atoms with Crippen molar-refractivity contribution < 1.29 is 14.3 Å². The van der Waals surface area contributed by atoms with Gasteiger partial charge in [0, 0.05) is 5.02 Å². The minimum Gasteiger partial charge on any atom is -0.492 e. The molecule has 2 rings (SSSR count). The lowest BCUT2D eigenvalue weighted by Crippen LogP contribution is -2.38. The minimum absolute atomic E-state index is 0.185. The predicted octanol–water partition coefficient (Wildman–Crippen LogP) is 3.92. The van der Waals surface area contributed by atoms with Crippen LogP contribution in [0.2, 0.25) is 5.02 Å². The number of hydrogen-bond acceptors (Lipinski definition) is 3. The standard InChI is InChI=1S/C19H22ClNO3/c1-13-4-6-16(7-5-13)23-11-10-21-19(22)15(3)24-17-8-9-18(20)14(2)12-17/h4-9,12,15H,10-11H2,1-3H3,(H,21,22)/t15-/m1/s1. The summed E-state index contributed by atoms with van der Waals surface area (Å²) < 4.78 is 11.2. The molecule has 2 aromatic rings. The Balaban J connectivity index is 1.73. The molecule has 0 heterocycles. The number of amides is 1. The van der Waals surface area contributed by atoms with E-state index in [9.17, 15) is 4.79 Å². The van der Waals surface area contributed by atoms with Crippen molar-refractivity contribution in [2.75, 3.05) is 13.2 Å². The first-order chi connectivity index (χ1) is 11.5. The van der Waals surface area contributed by atoms with E-state index in [-0.39, 0.29) is 5.91 Å². The number of nitrogens with one attached hydrogen (secondary N) is 1. The maximum absolute atomic E-state index is 12.0. The van der Waals surface area contributed by atoms with E-state index < -0.39 is 6.10 Å². The molecular formula is C19H22ClNO3. The van der Waals surface area contributed by atoms with Crippen molar-refractivity contribution in [3.05, 3.63) is 58.6 Å². The second-order valence-electron chi connectivity index (χ2n) is 5.62. The fraction of sp³-hybridized carbons (Fsp3) is 0.316. The first kappa shape index (κ1) is 18.1. The van der Waals surface area contributed by atoms with Gasteiger partial charge in [0.15, 0.2) is 6.10 Å². The van der Waals surface area contributed by atoms with Crippen LogP contribution in [0.15, 0.2) is 42.5 Å². The lowest BCUT2D eigenvalue weighted by Gasteiger charge is -2.15. The molecule has 0 aliphatic heterocycles. The topological polar surface area (TPSA) is 47.6 Å². The van der Waals surface area contributed by atoms with Crippen LogP contribution in [0.4, 0.5) is 0 Å². The van der Waals surface area contributed by atoms with Gasteiger partial charge in [-0.3, -0.25) is 4.79 Å². The van der Waals surface area contributed by atoms with E-state index in [0.717, 1.165) is 11.3 Å². The summed E-state index contributed by atoms with van der Waals surface area (Å²) in [5.41, 5.74) is 2.09. The maximum atomic E-state index is 12.0. The highest BCUT2D eigenvalue weighted by Gasteiger charge is 2.14. The molecule has 0 aliphatic rings. The van der Waals surface area contributed by atoms with Crippen molar-refractivity contribution in [1.82, 2.24) is 5.32 Å². The SMILES string of the molecule is Cc1ccc(OCCNC(=O)[C@@H](C)Oc2ccc(Cl)c(C)c2)cc1. The van der Waals surface area contributed by atoms with Crippen molar-refractivity contribution in [3.63, 3.8) is 0 Å². The number of aryl methyl sites for hydroxylation is 2. The highest BCUT2D eigenvalue weighted by Crippen LogP contribution is 2.21. The number of hydrogen-bond donors (Lipinski definition) is 1. The Bertz CT molecular complexity index is 686. The summed E-state index contributed by atoms with van der Waals surface area (Å²) in [6.45, 7) is 6.44. The summed E-state index contributed by atoms with van der Waals surface area (Å²) in [6, 6.07) is 13.1. The molecule has 0 spiro atoms. The average Bonchev–Trinajstić information content (AvgIpc) is 2.56. The van der Waals surface area contributed by atoms with Gasteiger partial charge < -0.3 is 14.8 Å². The van der Waals surface area contributed by atoms with E-state index in [1.807, 2.05) is 44.2 Å². The third-order valence-corrected chi connectivity index (χ3v) is 3.93. The molecule has 4 nitrogen and oxygen atoms in total. The van der Waals surface area contributed by atoms with Crippen LogP contribution in [-0.4, -0.2) is 25.2 Å². The van der Waals surface area contributed by atoms with Gasteiger partial charge >= 0.3 is 0 Å². The Kier molecular flexibility index (Phi) is 6.50. The quantitative estimate of drug-likeness (QED) is 0.772. The minimum atomic E-state index is -0.593. The monoisotopic (exact) mass is 347 g/mol. The Morgan fingerprint density at radius 3 is 2.46 bits per heavy atom. The summed E-state index contributed by atoms with van der Waals surface area (Å²) >= 11 is 5.97. The summed E-state index contributed by atoms with van der Waals surface area (Å²) in [5, 5.41) is 3.47. The summed E-state index contributed by atoms with van der Waals surface area (Å²) in [5.74, 6) is 1.22. The lowest BCUT2D eigenvalue weighted by atomic mass is 10.2. The normalized spacial score (nSPS) is 11.7. The number of carbonyl (C=O) groups excluding carboxylic acids is 1. The summed E-state index contributed by atoms with van der Waals surface area (Å²) in [7, 11) is 0. The molecule has 128 valence electrons. The van der Waals surface area contributed by atoms with Crippen molar-refractivity contribution >= 4 is 17.5 Å². The van der Waals surface area contributed by atoms with Crippen molar-refractivity contribution in [3.8, 4) is 11.5 Å². The highest BCUT2D eigenvalue weighted by atomic mass is 35.5. The Hall–Kier alpha value is -2.20. The first-order valence-corrected chi connectivity index (χ1v) is 8.23. The zero-order valence-electron chi connectivity index (χ0n) is 14.1. The molecule has 5 heteroatoms. The maximum Gasteiger partial charge on any atom is 0.260 e. The van der Waals surface area contributed by atoms with E-state index in [1.54, 1.807) is 19.1 Å². The Morgan fingerprint density at radius 2 is 1.79 bits per heavy atom. The Morgan fingerprint density at radius 1 is 1.12 bits per heavy atom. The molecule has 24 heavy (non-hydrogen) atoms. The van der Waals surface area contributed by atoms with Gasteiger partial charge in [0.1, 0.15) is 18.1 Å². The van der Waals surface area contributed by atoms with Crippen molar-refractivity contribution in [2.24, 2.45) is 0 Å². The van der Waals surface area contributed by atoms with E-state index >= 15 is 0 Å². The summed E-state index contributed by atoms with van der Waals surface area (Å²) in [6.07, 6.45) is -0.593. The molecule has 0 bridgehead atoms. The van der Waals surface area contributed by atoms with Gasteiger partial charge in [0.05, 0.1) is 6.54 Å². The van der Waals surface area contributed by atoms with Crippen LogP contribution in [0.1, 0.15) is 18.1 Å². The predicted molar refractivity (Wildman–Crippen MR) is 96.0 cm³/mol. The molecule has 2 aromatic carbocycles. The molecule has 1 amide bonds. The van der Waals surface area contributed by atoms with E-state index in [1.165, 1.54) is 5.56 Å². The first-order valence-electron chi connectivity index (χ1n) is 7.85. The second-order valence-corrected chi connectivity index (χ2v) is 6.03. The zero-order chi connectivity index (χ0) is 17.5. The molecule has 0 fully saturated rings. The Labute approximate surface area is 147 Å². The largest absolute Gasteiger partial charge is 0.492 e. The van der Waals surface area contributed by atoms with Crippen LogP contribution in [-0.2, 0) is 4.79 Å². The highest BCUT2D eigenvalue weighted by molar-refractivity contribution is 6.31. The van der Waals surface area contributed by atoms with Gasteiger partial charge in [-0.05, 0) is 56.7 Å². The van der Waals surface area contributed by atoms with Crippen molar-refractivity contribution in [1.29, 1.82) is 0 Å². The molecule has 0 saturated carbocycles. The average molecular weight is 348 g/mol. The smallest absolute Gasteiger partial charge is 0.260 e. The van der Waals surface area contributed by atoms with Crippen LogP contribution < -0.4 is 14.8 Å². The molecule has 1 N–H and O–H groups in total. The van der Waals surface area contributed by atoms with Crippen LogP contribution >= 0.6 is 11.6 Å². The third kappa shape index (κ3) is 5.46. The summed E-state index contributed by atoms with van der Waals surface area (Å²) in [4.78, 5) is 12.0. The van der Waals surface area contributed by atoms with E-state index in [0.29, 0.717) is 23.9 Å². The second kappa shape index (κ2) is 8.60. The van der Waals surface area contributed by atoms with Crippen LogP contribution in [0.3, 0.4) is 0 Å². The number of rotatable bonds is 7. The molecule has 0 aliphatic carbocycles. The van der Waals surface area contributed by atoms with Gasteiger partial charge in [0.25, 0.3) is 5.91 Å². The third-order valence-electron chi connectivity index (χ3n) is 3.50. The van der Waals surface area contributed by atoms with Gasteiger partial charge in [0.2, 0.25) is 0 Å². The van der Waals surface area contributed by atoms with Crippen LogP contribution in [0, 0.1) is 13.8 Å². The van der Waals surface area contributed by atoms with Gasteiger partial charge in [-0.1, -0.05) is 29.3 Å². The molecular weight excluding hydrogens is 326 g/mol. The molecule has 0 aromatic heterocycles. The molecule has 1 atom stereocenters. The molecule has 0 radical (unpaired) electrons. The van der Waals surface area contributed by atoms with Crippen LogP contribution in [0.25, 0.3) is 0 Å². The van der Waals surface area contributed by atoms with Crippen molar-refractivity contribution in [2.45, 2.75) is 26.9 Å². The fourth-order valence-corrected chi connectivity index (χ4v) is 2.19. The van der Waals surface area contributed by atoms with Gasteiger partial charge in [-0.25, -0.2) is 0 Å². The molecule has 0 saturated heterocycles. The number of benzene rings is 2. The van der Waals surface area contributed by atoms with E-state index in [4.69, 9.17) is 21.1 Å². The lowest BCUT2D eigenvalue weighted by molar-refractivity contribution is -0.127. The van der Waals surface area contributed by atoms with E-state index in [2.05, 4.69) is 5.32 Å².